The third kappa shape index (κ3) is 4.45. The Morgan fingerprint density at radius 3 is 2.74 bits per heavy atom. The number of furan rings is 1. The number of hydrogen-bond acceptors (Lipinski definition) is 8. The van der Waals surface area contributed by atoms with Gasteiger partial charge in [0.05, 0.1) is 11.4 Å². The smallest absolute Gasteiger partial charge is 0.401 e. The number of carbonyl (C=O) groups excluding carboxylic acids is 1. The van der Waals surface area contributed by atoms with Crippen LogP contribution in [0.25, 0.3) is 11.8 Å². The molecular formula is C23H16ClN5O4S. The molecule has 0 saturated heterocycles. The molecule has 34 heavy (non-hydrogen) atoms. The number of nitrogens with zero attached hydrogens (tertiary/aromatic N) is 4. The molecule has 170 valence electrons. The van der Waals surface area contributed by atoms with Gasteiger partial charge < -0.3 is 4.42 Å². The molecule has 2 aliphatic heterocycles. The van der Waals surface area contributed by atoms with Gasteiger partial charge in [-0.15, -0.1) is 5.10 Å². The summed E-state index contributed by atoms with van der Waals surface area (Å²) >= 11 is 7.33. The zero-order valence-corrected chi connectivity index (χ0v) is 19.0. The molecule has 3 heterocycles. The molecule has 1 aromatic heterocycles. The lowest BCUT2D eigenvalue weighted by Gasteiger charge is -2.32. The van der Waals surface area contributed by atoms with Crippen molar-refractivity contribution in [3.05, 3.63) is 104 Å². The van der Waals surface area contributed by atoms with Crippen LogP contribution in [0, 0.1) is 10.1 Å². The van der Waals surface area contributed by atoms with Crippen molar-refractivity contribution >= 4 is 52.1 Å². The van der Waals surface area contributed by atoms with E-state index in [9.17, 15) is 14.9 Å². The SMILES string of the molecule is O=C1NC(SCc2ccc(Cl)cc2)=NN2C1=c1ccccc1=NC2/C=C/c1ccc([N+](=O)[O-])o1. The zero-order chi connectivity index (χ0) is 23.7. The summed E-state index contributed by atoms with van der Waals surface area (Å²) in [6.45, 7) is 0. The number of amidine groups is 1. The molecule has 11 heteroatoms. The molecule has 5 rings (SSSR count). The van der Waals surface area contributed by atoms with Crippen molar-refractivity contribution in [2.24, 2.45) is 10.1 Å². The van der Waals surface area contributed by atoms with E-state index >= 15 is 0 Å². The van der Waals surface area contributed by atoms with Gasteiger partial charge in [-0.25, -0.2) is 5.01 Å². The highest BCUT2D eigenvalue weighted by Crippen LogP contribution is 2.24. The number of nitrogens with one attached hydrogen (secondary N) is 1. The summed E-state index contributed by atoms with van der Waals surface area (Å²) in [6.07, 6.45) is 2.61. The highest BCUT2D eigenvalue weighted by Gasteiger charge is 2.32. The molecule has 0 aliphatic carbocycles. The van der Waals surface area contributed by atoms with E-state index in [0.717, 1.165) is 5.56 Å². The number of para-hydroxylation sites is 1. The second kappa shape index (κ2) is 9.16. The Labute approximate surface area is 202 Å². The van der Waals surface area contributed by atoms with Crippen molar-refractivity contribution in [2.75, 3.05) is 0 Å². The Bertz CT molecular complexity index is 1460. The Morgan fingerprint density at radius 2 is 1.97 bits per heavy atom. The topological polar surface area (TPSA) is 113 Å². The van der Waals surface area contributed by atoms with Crippen molar-refractivity contribution in [2.45, 2.75) is 11.9 Å². The molecule has 9 nitrogen and oxygen atoms in total. The number of fused-ring (bicyclic) bond motifs is 2. The van der Waals surface area contributed by atoms with E-state index in [2.05, 4.69) is 10.4 Å². The summed E-state index contributed by atoms with van der Waals surface area (Å²) in [7, 11) is 0. The molecule has 2 aromatic carbocycles. The minimum absolute atomic E-state index is 0.289. The van der Waals surface area contributed by atoms with E-state index in [1.54, 1.807) is 17.2 Å². The van der Waals surface area contributed by atoms with Gasteiger partial charge in [-0.05, 0) is 42.0 Å². The summed E-state index contributed by atoms with van der Waals surface area (Å²) in [5.74, 6) is 0.242. The summed E-state index contributed by atoms with van der Waals surface area (Å²) < 4.78 is 5.20. The number of rotatable bonds is 5. The Hall–Kier alpha value is -3.89. The van der Waals surface area contributed by atoms with E-state index in [1.165, 1.54) is 23.9 Å². The molecule has 1 amide bonds. The lowest BCUT2D eigenvalue weighted by molar-refractivity contribution is -0.402. The average molecular weight is 494 g/mol. The molecule has 0 radical (unpaired) electrons. The molecule has 1 atom stereocenters. The summed E-state index contributed by atoms with van der Waals surface area (Å²) in [4.78, 5) is 28.1. The molecule has 2 aliphatic rings. The molecule has 0 bridgehead atoms. The van der Waals surface area contributed by atoms with Gasteiger partial charge >= 0.3 is 5.88 Å². The number of nitro groups is 1. The van der Waals surface area contributed by atoms with Gasteiger partial charge in [-0.3, -0.25) is 25.2 Å². The number of hydrogen-bond donors (Lipinski definition) is 1. The first-order chi connectivity index (χ1) is 16.5. The quantitative estimate of drug-likeness (QED) is 0.431. The van der Waals surface area contributed by atoms with E-state index in [-0.39, 0.29) is 11.8 Å². The van der Waals surface area contributed by atoms with E-state index in [0.29, 0.717) is 38.0 Å². The van der Waals surface area contributed by atoms with Crippen LogP contribution < -0.4 is 15.9 Å². The minimum Gasteiger partial charge on any atom is -0.401 e. The van der Waals surface area contributed by atoms with Gasteiger partial charge in [-0.1, -0.05) is 53.7 Å². The Kier molecular flexibility index (Phi) is 5.91. The normalized spacial score (nSPS) is 17.0. The van der Waals surface area contributed by atoms with Crippen molar-refractivity contribution in [3.8, 4) is 0 Å². The first kappa shape index (κ1) is 21.9. The summed E-state index contributed by atoms with van der Waals surface area (Å²) in [5.41, 5.74) is 1.41. The molecule has 0 spiro atoms. The van der Waals surface area contributed by atoms with Crippen LogP contribution in [0.3, 0.4) is 0 Å². The molecule has 3 aromatic rings. The zero-order valence-electron chi connectivity index (χ0n) is 17.4. The fraction of sp³-hybridized carbons (Fsp3) is 0.0870. The molecular weight excluding hydrogens is 478 g/mol. The minimum atomic E-state index is -0.647. The third-order valence-electron chi connectivity index (χ3n) is 5.06. The van der Waals surface area contributed by atoms with Crippen LogP contribution in [0.2, 0.25) is 5.02 Å². The maximum atomic E-state index is 13.1. The van der Waals surface area contributed by atoms with Crippen LogP contribution >= 0.6 is 23.4 Å². The standard InChI is InChI=1S/C23H16ClN5O4S/c24-15-7-5-14(6-8-15)13-34-23-26-22(30)21-17-3-1-2-4-18(17)25-19(28(21)27-23)11-9-16-10-12-20(33-16)29(31)32/h1-12,19H,13H2,(H,26,27,30)/b11-9+. The number of benzene rings is 2. The third-order valence-corrected chi connectivity index (χ3v) is 6.25. The van der Waals surface area contributed by atoms with E-state index in [1.807, 2.05) is 48.5 Å². The first-order valence-corrected chi connectivity index (χ1v) is 11.5. The maximum absolute atomic E-state index is 13.1. The van der Waals surface area contributed by atoms with Crippen molar-refractivity contribution in [3.63, 3.8) is 0 Å². The number of halogens is 1. The van der Waals surface area contributed by atoms with Crippen LogP contribution in [0.15, 0.2) is 81.3 Å². The van der Waals surface area contributed by atoms with Crippen LogP contribution in [-0.4, -0.2) is 27.2 Å². The van der Waals surface area contributed by atoms with Gasteiger partial charge in [0.25, 0.3) is 5.91 Å². The molecule has 1 N–H and O–H groups in total. The van der Waals surface area contributed by atoms with Crippen molar-refractivity contribution in [1.82, 2.24) is 10.3 Å². The second-order valence-electron chi connectivity index (χ2n) is 7.32. The Morgan fingerprint density at radius 1 is 1.18 bits per heavy atom. The van der Waals surface area contributed by atoms with Gasteiger partial charge in [0.15, 0.2) is 11.3 Å². The fourth-order valence-electron chi connectivity index (χ4n) is 3.49. The number of carbonyl (C=O) groups is 1. The number of thioether (sulfide) groups is 1. The van der Waals surface area contributed by atoms with Gasteiger partial charge in [-0.2, -0.15) is 0 Å². The largest absolute Gasteiger partial charge is 0.433 e. The summed E-state index contributed by atoms with van der Waals surface area (Å²) in [6, 6.07) is 17.5. The maximum Gasteiger partial charge on any atom is 0.433 e. The predicted molar refractivity (Wildman–Crippen MR) is 129 cm³/mol. The van der Waals surface area contributed by atoms with Gasteiger partial charge in [0, 0.05) is 16.0 Å². The molecule has 1 unspecified atom stereocenters. The molecule has 0 fully saturated rings. The first-order valence-electron chi connectivity index (χ1n) is 10.1. The lowest BCUT2D eigenvalue weighted by Crippen LogP contribution is -2.52. The second-order valence-corrected chi connectivity index (χ2v) is 8.72. The number of hydrazone groups is 1. The highest BCUT2D eigenvalue weighted by atomic mass is 35.5. The van der Waals surface area contributed by atoms with Gasteiger partial charge in [0.2, 0.25) is 0 Å². The monoisotopic (exact) mass is 493 g/mol. The van der Waals surface area contributed by atoms with E-state index in [4.69, 9.17) is 21.0 Å². The lowest BCUT2D eigenvalue weighted by atomic mass is 10.1. The van der Waals surface area contributed by atoms with Crippen LogP contribution in [0.5, 0.6) is 0 Å². The van der Waals surface area contributed by atoms with Crippen LogP contribution in [-0.2, 0) is 10.5 Å². The molecule has 0 saturated carbocycles. The van der Waals surface area contributed by atoms with Crippen LogP contribution in [0.4, 0.5) is 5.88 Å². The van der Waals surface area contributed by atoms with Crippen molar-refractivity contribution < 1.29 is 14.1 Å². The summed E-state index contributed by atoms with van der Waals surface area (Å²) in [5, 5.41) is 22.4. The van der Waals surface area contributed by atoms with Crippen molar-refractivity contribution in [1.29, 1.82) is 0 Å². The average Bonchev–Trinajstić information content (AvgIpc) is 3.31. The van der Waals surface area contributed by atoms with E-state index < -0.39 is 11.1 Å². The van der Waals surface area contributed by atoms with Gasteiger partial charge in [0.1, 0.15) is 16.4 Å². The highest BCUT2D eigenvalue weighted by molar-refractivity contribution is 8.13. The number of amides is 1. The fourth-order valence-corrected chi connectivity index (χ4v) is 4.42. The predicted octanol–water partition coefficient (Wildman–Crippen LogP) is 3.26. The van der Waals surface area contributed by atoms with Crippen LogP contribution in [0.1, 0.15) is 11.3 Å². The Balaban J connectivity index is 1.47.